The summed E-state index contributed by atoms with van der Waals surface area (Å²) in [5, 5.41) is 4.52. The van der Waals surface area contributed by atoms with Gasteiger partial charge in [0.15, 0.2) is 11.4 Å². The van der Waals surface area contributed by atoms with Crippen LogP contribution in [0.4, 0.5) is 11.8 Å². The van der Waals surface area contributed by atoms with Crippen molar-refractivity contribution in [2.24, 2.45) is 0 Å². The number of benzene rings is 1. The van der Waals surface area contributed by atoms with Crippen molar-refractivity contribution in [1.82, 2.24) is 15.3 Å². The zero-order valence-electron chi connectivity index (χ0n) is 14.3. The SMILES string of the molecule is CN[C@@H]1CCN(c2nc(NS(C)(=O)=O)nc3c2oc2ccc(Cl)cc23)C1. The van der Waals surface area contributed by atoms with Gasteiger partial charge in [0.05, 0.1) is 6.26 Å². The van der Waals surface area contributed by atoms with Gasteiger partial charge < -0.3 is 14.6 Å². The quantitative estimate of drug-likeness (QED) is 0.698. The van der Waals surface area contributed by atoms with Gasteiger partial charge in [-0.25, -0.2) is 13.4 Å². The Labute approximate surface area is 155 Å². The van der Waals surface area contributed by atoms with Crippen LogP contribution in [0, 0.1) is 0 Å². The molecule has 0 aliphatic carbocycles. The van der Waals surface area contributed by atoms with Crippen LogP contribution in [0.3, 0.4) is 0 Å². The lowest BCUT2D eigenvalue weighted by atomic mass is 10.2. The maximum absolute atomic E-state index is 11.7. The van der Waals surface area contributed by atoms with Crippen LogP contribution in [-0.2, 0) is 10.0 Å². The molecule has 26 heavy (non-hydrogen) atoms. The summed E-state index contributed by atoms with van der Waals surface area (Å²) < 4.78 is 31.7. The fourth-order valence-corrected chi connectivity index (χ4v) is 3.81. The highest BCUT2D eigenvalue weighted by atomic mass is 35.5. The minimum Gasteiger partial charge on any atom is -0.450 e. The summed E-state index contributed by atoms with van der Waals surface area (Å²) in [5.41, 5.74) is 1.69. The molecule has 1 aliphatic rings. The third kappa shape index (κ3) is 3.17. The summed E-state index contributed by atoms with van der Waals surface area (Å²) in [6.07, 6.45) is 2.03. The van der Waals surface area contributed by atoms with Crippen LogP contribution in [0.2, 0.25) is 5.02 Å². The molecular weight excluding hydrogens is 378 g/mol. The average molecular weight is 396 g/mol. The number of aromatic nitrogens is 2. The number of fused-ring (bicyclic) bond motifs is 3. The highest BCUT2D eigenvalue weighted by Gasteiger charge is 2.27. The fourth-order valence-electron chi connectivity index (χ4n) is 3.22. The number of rotatable bonds is 4. The largest absolute Gasteiger partial charge is 0.450 e. The van der Waals surface area contributed by atoms with Gasteiger partial charge in [-0.05, 0) is 31.7 Å². The van der Waals surface area contributed by atoms with Gasteiger partial charge in [0.2, 0.25) is 16.0 Å². The van der Waals surface area contributed by atoms with E-state index in [1.807, 2.05) is 7.05 Å². The summed E-state index contributed by atoms with van der Waals surface area (Å²) >= 11 is 6.11. The first-order chi connectivity index (χ1) is 12.3. The Morgan fingerprint density at radius 1 is 1.35 bits per heavy atom. The van der Waals surface area contributed by atoms with Crippen LogP contribution in [0.25, 0.3) is 22.1 Å². The van der Waals surface area contributed by atoms with Gasteiger partial charge in [0.25, 0.3) is 0 Å². The van der Waals surface area contributed by atoms with Crippen molar-refractivity contribution in [3.63, 3.8) is 0 Å². The molecule has 4 rings (SSSR count). The van der Waals surface area contributed by atoms with Gasteiger partial charge in [0.1, 0.15) is 11.1 Å². The summed E-state index contributed by atoms with van der Waals surface area (Å²) in [6, 6.07) is 5.60. The van der Waals surface area contributed by atoms with Gasteiger partial charge in [-0.15, -0.1) is 0 Å². The standard InChI is InChI=1S/C16H18ClN5O3S/c1-18-10-5-6-22(8-10)15-14-13(19-16(20-15)21-26(2,23)24)11-7-9(17)3-4-12(11)25-14/h3-4,7,10,18H,5-6,8H2,1-2H3,(H,19,20,21)/t10-/m1/s1. The van der Waals surface area contributed by atoms with Crippen LogP contribution in [0.5, 0.6) is 0 Å². The topological polar surface area (TPSA) is 100 Å². The summed E-state index contributed by atoms with van der Waals surface area (Å²) in [4.78, 5) is 10.9. The number of hydrogen-bond donors (Lipinski definition) is 2. The minimum atomic E-state index is -3.51. The van der Waals surface area contributed by atoms with Gasteiger partial charge in [-0.3, -0.25) is 4.72 Å². The first kappa shape index (κ1) is 17.3. The normalized spacial score (nSPS) is 18.1. The summed E-state index contributed by atoms with van der Waals surface area (Å²) in [7, 11) is -1.59. The maximum atomic E-state index is 11.7. The molecule has 3 aromatic rings. The lowest BCUT2D eigenvalue weighted by molar-refractivity contribution is 0.606. The van der Waals surface area contributed by atoms with Crippen LogP contribution >= 0.6 is 11.6 Å². The molecule has 0 radical (unpaired) electrons. The first-order valence-electron chi connectivity index (χ1n) is 8.14. The van der Waals surface area contributed by atoms with Crippen molar-refractivity contribution in [3.05, 3.63) is 23.2 Å². The smallest absolute Gasteiger partial charge is 0.239 e. The Hall–Kier alpha value is -2.10. The highest BCUT2D eigenvalue weighted by molar-refractivity contribution is 7.91. The van der Waals surface area contributed by atoms with Crippen molar-refractivity contribution in [2.75, 3.05) is 36.0 Å². The van der Waals surface area contributed by atoms with Crippen molar-refractivity contribution < 1.29 is 12.8 Å². The third-order valence-corrected chi connectivity index (χ3v) is 5.22. The molecule has 2 N–H and O–H groups in total. The summed E-state index contributed by atoms with van der Waals surface area (Å²) in [5.74, 6) is 0.594. The molecule has 8 nitrogen and oxygen atoms in total. The monoisotopic (exact) mass is 395 g/mol. The Kier molecular flexibility index (Phi) is 4.17. The number of likely N-dealkylation sites (N-methyl/N-ethyl adjacent to an activating group) is 1. The van der Waals surface area contributed by atoms with E-state index in [4.69, 9.17) is 16.0 Å². The molecule has 0 bridgehead atoms. The van der Waals surface area contributed by atoms with E-state index in [0.717, 1.165) is 31.2 Å². The number of furan rings is 1. The van der Waals surface area contributed by atoms with E-state index in [2.05, 4.69) is 24.9 Å². The number of nitrogens with one attached hydrogen (secondary N) is 2. The van der Waals surface area contributed by atoms with Gasteiger partial charge in [-0.2, -0.15) is 4.98 Å². The molecule has 0 amide bonds. The Morgan fingerprint density at radius 2 is 2.15 bits per heavy atom. The molecule has 1 atom stereocenters. The summed E-state index contributed by atoms with van der Waals surface area (Å²) in [6.45, 7) is 1.53. The molecule has 1 aliphatic heterocycles. The molecular formula is C16H18ClN5O3S. The molecule has 138 valence electrons. The van der Waals surface area contributed by atoms with Crippen molar-refractivity contribution in [2.45, 2.75) is 12.5 Å². The number of nitrogens with zero attached hydrogens (tertiary/aromatic N) is 3. The molecule has 1 aromatic carbocycles. The van der Waals surface area contributed by atoms with E-state index < -0.39 is 10.0 Å². The molecule has 0 saturated carbocycles. The number of hydrogen-bond acceptors (Lipinski definition) is 7. The zero-order chi connectivity index (χ0) is 18.5. The minimum absolute atomic E-state index is 0.0191. The zero-order valence-corrected chi connectivity index (χ0v) is 15.9. The Morgan fingerprint density at radius 3 is 2.85 bits per heavy atom. The van der Waals surface area contributed by atoms with Crippen molar-refractivity contribution in [3.8, 4) is 0 Å². The predicted molar refractivity (Wildman–Crippen MR) is 102 cm³/mol. The number of halogens is 1. The van der Waals surface area contributed by atoms with Crippen LogP contribution in [0.15, 0.2) is 22.6 Å². The Bertz CT molecular complexity index is 1100. The number of anilines is 2. The van der Waals surface area contributed by atoms with Crippen molar-refractivity contribution in [1.29, 1.82) is 0 Å². The van der Waals surface area contributed by atoms with Gasteiger partial charge in [0, 0.05) is 29.5 Å². The van der Waals surface area contributed by atoms with E-state index >= 15 is 0 Å². The average Bonchev–Trinajstić information content (AvgIpc) is 3.17. The van der Waals surface area contributed by atoms with Crippen molar-refractivity contribution >= 4 is 55.5 Å². The highest BCUT2D eigenvalue weighted by Crippen LogP contribution is 2.36. The van der Waals surface area contributed by atoms with E-state index in [-0.39, 0.29) is 5.95 Å². The fraction of sp³-hybridized carbons (Fsp3) is 0.375. The third-order valence-electron chi connectivity index (χ3n) is 4.43. The van der Waals surface area contributed by atoms with E-state index in [1.54, 1.807) is 18.2 Å². The molecule has 10 heteroatoms. The first-order valence-corrected chi connectivity index (χ1v) is 10.4. The van der Waals surface area contributed by atoms with Gasteiger partial charge in [-0.1, -0.05) is 11.6 Å². The second-order valence-electron chi connectivity index (χ2n) is 6.39. The molecule has 1 fully saturated rings. The van der Waals surface area contributed by atoms with Crippen LogP contribution < -0.4 is 14.9 Å². The second kappa shape index (κ2) is 6.26. The maximum Gasteiger partial charge on any atom is 0.239 e. The lowest BCUT2D eigenvalue weighted by Crippen LogP contribution is -2.30. The van der Waals surface area contributed by atoms with E-state index in [1.165, 1.54) is 0 Å². The molecule has 2 aromatic heterocycles. The Balaban J connectivity index is 1.94. The predicted octanol–water partition coefficient (Wildman–Crippen LogP) is 2.20. The van der Waals surface area contributed by atoms with Crippen LogP contribution in [0.1, 0.15) is 6.42 Å². The number of sulfonamides is 1. The van der Waals surface area contributed by atoms with Gasteiger partial charge >= 0.3 is 0 Å². The second-order valence-corrected chi connectivity index (χ2v) is 8.57. The molecule has 3 heterocycles. The van der Waals surface area contributed by atoms with E-state index in [9.17, 15) is 8.42 Å². The van der Waals surface area contributed by atoms with Crippen LogP contribution in [-0.4, -0.2) is 50.8 Å². The lowest BCUT2D eigenvalue weighted by Gasteiger charge is -2.18. The molecule has 0 spiro atoms. The molecule has 0 unspecified atom stereocenters. The van der Waals surface area contributed by atoms with E-state index in [0.29, 0.717) is 33.6 Å². The molecule has 1 saturated heterocycles.